The predicted octanol–water partition coefficient (Wildman–Crippen LogP) is 3.05. The van der Waals surface area contributed by atoms with Crippen LogP contribution < -0.4 is 9.47 Å². The highest BCUT2D eigenvalue weighted by Crippen LogP contribution is 2.35. The molecule has 0 saturated carbocycles. The summed E-state index contributed by atoms with van der Waals surface area (Å²) in [5.74, 6) is 2.44. The molecule has 1 fully saturated rings. The molecule has 1 N–H and O–H groups in total. The number of aryl methyl sites for hydroxylation is 1. The third-order valence-corrected chi connectivity index (χ3v) is 5.54. The Morgan fingerprint density at radius 1 is 1.28 bits per heavy atom. The molecule has 1 atom stereocenters. The zero-order chi connectivity index (χ0) is 19.8. The molecule has 2 aliphatic rings. The lowest BCUT2D eigenvalue weighted by atomic mass is 9.91. The van der Waals surface area contributed by atoms with E-state index in [1.54, 1.807) is 6.20 Å². The number of carbonyl (C=O) groups excluding carboxylic acids is 1. The minimum absolute atomic E-state index is 0.116. The van der Waals surface area contributed by atoms with Crippen molar-refractivity contribution in [1.29, 1.82) is 0 Å². The monoisotopic (exact) mass is 394 g/mol. The molecule has 0 spiro atoms. The molecule has 150 valence electrons. The van der Waals surface area contributed by atoms with Crippen LogP contribution in [0.3, 0.4) is 0 Å². The molecule has 1 amide bonds. The van der Waals surface area contributed by atoms with Gasteiger partial charge in [0.2, 0.25) is 12.7 Å². The van der Waals surface area contributed by atoms with E-state index in [9.17, 15) is 4.79 Å². The zero-order valence-electron chi connectivity index (χ0n) is 16.2. The van der Waals surface area contributed by atoms with Crippen molar-refractivity contribution in [3.8, 4) is 22.8 Å². The Kier molecular flexibility index (Phi) is 4.46. The van der Waals surface area contributed by atoms with Gasteiger partial charge in [-0.15, -0.1) is 0 Å². The Balaban J connectivity index is 1.30. The Bertz CT molecular complexity index is 1040. The van der Waals surface area contributed by atoms with Crippen LogP contribution in [0.25, 0.3) is 11.3 Å². The molecule has 1 unspecified atom stereocenters. The van der Waals surface area contributed by atoms with E-state index in [1.807, 2.05) is 36.1 Å². The minimum Gasteiger partial charge on any atom is -0.454 e. The standard InChI is InChI=1S/C21H22N4O4/c1-13-7-18(29-24-13)16-10-22-23-21(16)15-3-2-6-25(11-15)20(26)9-14-4-5-17-19(8-14)28-12-27-17/h4-5,7-8,10,15H,2-3,6,9,11-12H2,1H3,(H,22,23). The maximum Gasteiger partial charge on any atom is 0.231 e. The van der Waals surface area contributed by atoms with E-state index in [4.69, 9.17) is 14.0 Å². The van der Waals surface area contributed by atoms with E-state index < -0.39 is 0 Å². The van der Waals surface area contributed by atoms with Crippen molar-refractivity contribution in [1.82, 2.24) is 20.3 Å². The molecule has 2 aliphatic heterocycles. The Hall–Kier alpha value is -3.29. The molecule has 3 aromatic rings. The fraction of sp³-hybridized carbons (Fsp3) is 0.381. The van der Waals surface area contributed by atoms with Crippen molar-refractivity contribution in [2.45, 2.75) is 32.1 Å². The number of nitrogens with one attached hydrogen (secondary N) is 1. The first-order valence-electron chi connectivity index (χ1n) is 9.80. The van der Waals surface area contributed by atoms with Gasteiger partial charge in [-0.3, -0.25) is 9.89 Å². The van der Waals surface area contributed by atoms with Gasteiger partial charge >= 0.3 is 0 Å². The van der Waals surface area contributed by atoms with E-state index in [-0.39, 0.29) is 18.6 Å². The zero-order valence-corrected chi connectivity index (χ0v) is 16.2. The third kappa shape index (κ3) is 3.46. The van der Waals surface area contributed by atoms with Gasteiger partial charge in [0.1, 0.15) is 0 Å². The lowest BCUT2D eigenvalue weighted by molar-refractivity contribution is -0.131. The maximum atomic E-state index is 12.9. The molecule has 4 heterocycles. The number of amides is 1. The second kappa shape index (κ2) is 7.27. The summed E-state index contributed by atoms with van der Waals surface area (Å²) < 4.78 is 16.2. The fourth-order valence-corrected chi connectivity index (χ4v) is 4.07. The maximum absolute atomic E-state index is 12.9. The smallest absolute Gasteiger partial charge is 0.231 e. The van der Waals surface area contributed by atoms with Gasteiger partial charge in [0.25, 0.3) is 0 Å². The third-order valence-electron chi connectivity index (χ3n) is 5.54. The predicted molar refractivity (Wildman–Crippen MR) is 104 cm³/mol. The Labute approximate surface area is 167 Å². The molecule has 29 heavy (non-hydrogen) atoms. The largest absolute Gasteiger partial charge is 0.454 e. The van der Waals surface area contributed by atoms with Gasteiger partial charge in [-0.25, -0.2) is 0 Å². The second-order valence-corrected chi connectivity index (χ2v) is 7.57. The number of aromatic amines is 1. The highest BCUT2D eigenvalue weighted by atomic mass is 16.7. The van der Waals surface area contributed by atoms with E-state index in [1.165, 1.54) is 0 Å². The number of ether oxygens (including phenoxy) is 2. The van der Waals surface area contributed by atoms with Gasteiger partial charge in [0, 0.05) is 25.1 Å². The quantitative estimate of drug-likeness (QED) is 0.731. The van der Waals surface area contributed by atoms with Crippen LogP contribution in [0.15, 0.2) is 35.0 Å². The first-order chi connectivity index (χ1) is 14.2. The van der Waals surface area contributed by atoms with E-state index in [2.05, 4.69) is 15.4 Å². The van der Waals surface area contributed by atoms with Crippen LogP contribution >= 0.6 is 0 Å². The molecule has 1 aromatic carbocycles. The first kappa shape index (κ1) is 17.8. The van der Waals surface area contributed by atoms with Gasteiger partial charge in [-0.05, 0) is 37.5 Å². The van der Waals surface area contributed by atoms with Crippen LogP contribution in [0.1, 0.15) is 35.7 Å². The summed E-state index contributed by atoms with van der Waals surface area (Å²) in [5.41, 5.74) is 3.68. The first-order valence-corrected chi connectivity index (χ1v) is 9.80. The summed E-state index contributed by atoms with van der Waals surface area (Å²) in [5, 5.41) is 11.3. The van der Waals surface area contributed by atoms with Crippen LogP contribution in [-0.2, 0) is 11.2 Å². The highest BCUT2D eigenvalue weighted by Gasteiger charge is 2.28. The van der Waals surface area contributed by atoms with Crippen molar-refractivity contribution in [3.63, 3.8) is 0 Å². The van der Waals surface area contributed by atoms with Crippen LogP contribution in [-0.4, -0.2) is 46.0 Å². The summed E-state index contributed by atoms with van der Waals surface area (Å²) in [6.45, 7) is 3.55. The number of hydrogen-bond donors (Lipinski definition) is 1. The fourth-order valence-electron chi connectivity index (χ4n) is 4.07. The number of nitrogens with zero attached hydrogens (tertiary/aromatic N) is 3. The molecule has 0 aliphatic carbocycles. The number of carbonyl (C=O) groups is 1. The topological polar surface area (TPSA) is 93.5 Å². The van der Waals surface area contributed by atoms with E-state index in [0.717, 1.165) is 47.7 Å². The molecule has 0 radical (unpaired) electrons. The summed E-state index contributed by atoms with van der Waals surface area (Å²) in [4.78, 5) is 14.9. The Morgan fingerprint density at radius 3 is 3.03 bits per heavy atom. The number of hydrogen-bond acceptors (Lipinski definition) is 6. The van der Waals surface area contributed by atoms with E-state index >= 15 is 0 Å². The number of piperidine rings is 1. The lowest BCUT2D eigenvalue weighted by Crippen LogP contribution is -2.40. The van der Waals surface area contributed by atoms with Crippen LogP contribution in [0.5, 0.6) is 11.5 Å². The number of benzene rings is 1. The van der Waals surface area contributed by atoms with Crippen molar-refractivity contribution < 1.29 is 18.8 Å². The van der Waals surface area contributed by atoms with Crippen molar-refractivity contribution >= 4 is 5.91 Å². The molecular formula is C21H22N4O4. The summed E-state index contributed by atoms with van der Waals surface area (Å²) >= 11 is 0. The van der Waals surface area contributed by atoms with Crippen LogP contribution in [0.4, 0.5) is 0 Å². The molecule has 5 rings (SSSR count). The second-order valence-electron chi connectivity index (χ2n) is 7.57. The molecule has 8 nitrogen and oxygen atoms in total. The van der Waals surface area contributed by atoms with E-state index in [0.29, 0.717) is 24.5 Å². The van der Waals surface area contributed by atoms with Crippen LogP contribution in [0, 0.1) is 6.92 Å². The van der Waals surface area contributed by atoms with Gasteiger partial charge in [0.05, 0.1) is 29.6 Å². The molecular weight excluding hydrogens is 372 g/mol. The van der Waals surface area contributed by atoms with Gasteiger partial charge < -0.3 is 18.9 Å². The van der Waals surface area contributed by atoms with Crippen LogP contribution in [0.2, 0.25) is 0 Å². The summed E-state index contributed by atoms with van der Waals surface area (Å²) in [6, 6.07) is 7.58. The molecule has 2 aromatic heterocycles. The number of H-pyrrole nitrogens is 1. The molecule has 0 bridgehead atoms. The van der Waals surface area contributed by atoms with Gasteiger partial charge in [0.15, 0.2) is 17.3 Å². The Morgan fingerprint density at radius 2 is 2.17 bits per heavy atom. The van der Waals surface area contributed by atoms with Crippen molar-refractivity contribution in [3.05, 3.63) is 47.4 Å². The SMILES string of the molecule is Cc1cc(-c2cn[nH]c2C2CCCN(C(=O)Cc3ccc4c(c3)OCO4)C2)on1. The number of likely N-dealkylation sites (tertiary alicyclic amines) is 1. The summed E-state index contributed by atoms with van der Waals surface area (Å²) in [7, 11) is 0. The van der Waals surface area contributed by atoms with Crippen molar-refractivity contribution in [2.75, 3.05) is 19.9 Å². The lowest BCUT2D eigenvalue weighted by Gasteiger charge is -2.32. The van der Waals surface area contributed by atoms with Gasteiger partial charge in [-0.2, -0.15) is 5.10 Å². The number of fused-ring (bicyclic) bond motifs is 1. The minimum atomic E-state index is 0.116. The molecule has 8 heteroatoms. The molecule has 1 saturated heterocycles. The van der Waals surface area contributed by atoms with Crippen molar-refractivity contribution in [2.24, 2.45) is 0 Å². The van der Waals surface area contributed by atoms with Gasteiger partial charge in [-0.1, -0.05) is 11.2 Å². The number of aromatic nitrogens is 3. The summed E-state index contributed by atoms with van der Waals surface area (Å²) in [6.07, 6.45) is 4.06. The highest BCUT2D eigenvalue weighted by molar-refractivity contribution is 5.79. The average Bonchev–Trinajstić information content (AvgIpc) is 3.47. The average molecular weight is 394 g/mol. The normalized spacial score (nSPS) is 18.2. The number of rotatable bonds is 4.